The molecule has 3 rings (SSSR count). The quantitative estimate of drug-likeness (QED) is 0.758. The van der Waals surface area contributed by atoms with Gasteiger partial charge in [-0.05, 0) is 17.2 Å². The minimum Gasteiger partial charge on any atom is -0.390 e. The molecule has 1 heterocycles. The number of aromatic amines is 1. The van der Waals surface area contributed by atoms with Crippen LogP contribution < -0.4 is 5.32 Å². The van der Waals surface area contributed by atoms with Gasteiger partial charge in [0.15, 0.2) is 0 Å². The van der Waals surface area contributed by atoms with Crippen LogP contribution in [0.4, 0.5) is 0 Å². The Morgan fingerprint density at radius 1 is 1.42 bits per heavy atom. The Morgan fingerprint density at radius 3 is 3.05 bits per heavy atom. The summed E-state index contributed by atoms with van der Waals surface area (Å²) < 4.78 is 0. The fraction of sp³-hybridized carbons (Fsp3) is 0.286. The minimum absolute atomic E-state index is 0.120. The van der Waals surface area contributed by atoms with E-state index in [1.807, 2.05) is 24.3 Å². The number of carbonyl (C=O) groups is 1. The maximum Gasteiger partial charge on any atom is 0.226 e. The number of carbonyl (C=O) groups excluding carboxylic acids is 1. The van der Waals surface area contributed by atoms with Gasteiger partial charge in [-0.15, -0.1) is 0 Å². The van der Waals surface area contributed by atoms with Gasteiger partial charge in [0, 0.05) is 18.3 Å². The van der Waals surface area contributed by atoms with Crippen molar-refractivity contribution in [1.29, 1.82) is 0 Å². The highest BCUT2D eigenvalue weighted by Gasteiger charge is 2.31. The molecule has 19 heavy (non-hydrogen) atoms. The van der Waals surface area contributed by atoms with Crippen LogP contribution in [-0.2, 0) is 17.6 Å². The van der Waals surface area contributed by atoms with Crippen molar-refractivity contribution in [2.75, 3.05) is 0 Å². The molecule has 98 valence electrons. The van der Waals surface area contributed by atoms with Crippen LogP contribution in [0.1, 0.15) is 22.9 Å². The Hall–Kier alpha value is -2.14. The van der Waals surface area contributed by atoms with E-state index in [2.05, 4.69) is 15.5 Å². The number of amides is 1. The summed E-state index contributed by atoms with van der Waals surface area (Å²) in [6.45, 7) is 0. The molecule has 0 aliphatic heterocycles. The van der Waals surface area contributed by atoms with E-state index in [-0.39, 0.29) is 18.4 Å². The summed E-state index contributed by atoms with van der Waals surface area (Å²) in [5, 5.41) is 19.5. The fourth-order valence-electron chi connectivity index (χ4n) is 2.53. The van der Waals surface area contributed by atoms with Crippen molar-refractivity contribution >= 4 is 5.91 Å². The van der Waals surface area contributed by atoms with E-state index < -0.39 is 6.10 Å². The van der Waals surface area contributed by atoms with Crippen molar-refractivity contribution < 1.29 is 9.90 Å². The third-order valence-electron chi connectivity index (χ3n) is 3.43. The van der Waals surface area contributed by atoms with Gasteiger partial charge in [-0.2, -0.15) is 5.10 Å². The first-order valence-corrected chi connectivity index (χ1v) is 6.27. The van der Waals surface area contributed by atoms with Gasteiger partial charge in [0.05, 0.1) is 18.6 Å². The zero-order chi connectivity index (χ0) is 13.2. The lowest BCUT2D eigenvalue weighted by atomic mass is 10.1. The van der Waals surface area contributed by atoms with Crippen molar-refractivity contribution in [2.45, 2.75) is 25.0 Å². The molecule has 0 saturated heterocycles. The topological polar surface area (TPSA) is 78.0 Å². The maximum atomic E-state index is 12.0. The molecular weight excluding hydrogens is 242 g/mol. The van der Waals surface area contributed by atoms with Crippen LogP contribution in [0.25, 0.3) is 0 Å². The van der Waals surface area contributed by atoms with E-state index in [9.17, 15) is 9.90 Å². The number of rotatable bonds is 3. The van der Waals surface area contributed by atoms with Gasteiger partial charge in [0.25, 0.3) is 0 Å². The molecule has 3 N–H and O–H groups in total. The Balaban J connectivity index is 1.71. The molecule has 1 aromatic carbocycles. The Bertz CT molecular complexity index is 580. The second kappa shape index (κ2) is 4.85. The Morgan fingerprint density at radius 2 is 2.26 bits per heavy atom. The standard InChI is InChI=1S/C14H15N3O2/c18-12-7-9-3-1-2-4-11(9)14(12)16-13(19)8-10-5-6-15-17-10/h1-6,12,14,18H,7-8H2,(H,15,17)(H,16,19). The monoisotopic (exact) mass is 257 g/mol. The minimum atomic E-state index is -0.553. The molecule has 0 saturated carbocycles. The SMILES string of the molecule is O=C(Cc1ccn[nH]1)NC1c2ccccc2CC1O. The molecule has 0 bridgehead atoms. The molecule has 1 aliphatic rings. The summed E-state index contributed by atoms with van der Waals surface area (Å²) in [6, 6.07) is 9.25. The number of aromatic nitrogens is 2. The largest absolute Gasteiger partial charge is 0.390 e. The maximum absolute atomic E-state index is 12.0. The molecule has 1 aromatic heterocycles. The number of H-pyrrole nitrogens is 1. The smallest absolute Gasteiger partial charge is 0.226 e. The number of nitrogens with one attached hydrogen (secondary N) is 2. The van der Waals surface area contributed by atoms with Crippen molar-refractivity contribution in [3.05, 3.63) is 53.3 Å². The van der Waals surface area contributed by atoms with Gasteiger partial charge in [0.1, 0.15) is 0 Å². The summed E-state index contributed by atoms with van der Waals surface area (Å²) in [5.41, 5.74) is 2.87. The molecule has 1 aliphatic carbocycles. The predicted octanol–water partition coefficient (Wildman–Crippen LogP) is 0.727. The van der Waals surface area contributed by atoms with Crippen LogP contribution in [0.15, 0.2) is 36.5 Å². The molecule has 1 amide bonds. The highest BCUT2D eigenvalue weighted by atomic mass is 16.3. The molecule has 2 unspecified atom stereocenters. The van der Waals surface area contributed by atoms with Crippen LogP contribution in [0.5, 0.6) is 0 Å². The van der Waals surface area contributed by atoms with Crippen LogP contribution >= 0.6 is 0 Å². The molecule has 0 radical (unpaired) electrons. The summed E-state index contributed by atoms with van der Waals surface area (Å²) in [6.07, 6.45) is 1.89. The second-order valence-electron chi connectivity index (χ2n) is 4.77. The molecule has 2 aromatic rings. The molecule has 5 heteroatoms. The van der Waals surface area contributed by atoms with Crippen molar-refractivity contribution in [1.82, 2.24) is 15.5 Å². The van der Waals surface area contributed by atoms with Gasteiger partial charge in [0.2, 0.25) is 5.91 Å². The van der Waals surface area contributed by atoms with E-state index in [1.165, 1.54) is 0 Å². The average Bonchev–Trinajstić information content (AvgIpc) is 2.99. The number of aliphatic hydroxyl groups is 1. The van der Waals surface area contributed by atoms with Gasteiger partial charge in [-0.25, -0.2) is 0 Å². The molecule has 2 atom stereocenters. The normalized spacial score (nSPS) is 21.1. The number of aliphatic hydroxyl groups excluding tert-OH is 1. The third-order valence-corrected chi connectivity index (χ3v) is 3.43. The van der Waals surface area contributed by atoms with Gasteiger partial charge >= 0.3 is 0 Å². The van der Waals surface area contributed by atoms with E-state index in [0.29, 0.717) is 6.42 Å². The molecular formula is C14H15N3O2. The molecule has 0 spiro atoms. The summed E-state index contributed by atoms with van der Waals surface area (Å²) in [4.78, 5) is 12.0. The Labute approximate surface area is 110 Å². The summed E-state index contributed by atoms with van der Waals surface area (Å²) in [5.74, 6) is -0.120. The van der Waals surface area contributed by atoms with E-state index in [4.69, 9.17) is 0 Å². The first-order valence-electron chi connectivity index (χ1n) is 6.27. The van der Waals surface area contributed by atoms with E-state index in [1.54, 1.807) is 12.3 Å². The van der Waals surface area contributed by atoms with Crippen LogP contribution in [0.2, 0.25) is 0 Å². The lowest BCUT2D eigenvalue weighted by Gasteiger charge is -2.17. The van der Waals surface area contributed by atoms with E-state index in [0.717, 1.165) is 16.8 Å². The highest BCUT2D eigenvalue weighted by Crippen LogP contribution is 2.31. The zero-order valence-electron chi connectivity index (χ0n) is 10.3. The lowest BCUT2D eigenvalue weighted by molar-refractivity contribution is -0.122. The van der Waals surface area contributed by atoms with E-state index >= 15 is 0 Å². The number of benzene rings is 1. The average molecular weight is 257 g/mol. The third kappa shape index (κ3) is 2.37. The number of fused-ring (bicyclic) bond motifs is 1. The highest BCUT2D eigenvalue weighted by molar-refractivity contribution is 5.78. The number of hydrogen-bond donors (Lipinski definition) is 3. The van der Waals surface area contributed by atoms with Crippen molar-refractivity contribution in [3.8, 4) is 0 Å². The summed E-state index contributed by atoms with van der Waals surface area (Å²) in [7, 11) is 0. The number of nitrogens with zero attached hydrogens (tertiary/aromatic N) is 1. The van der Waals surface area contributed by atoms with Crippen LogP contribution in [-0.4, -0.2) is 27.3 Å². The van der Waals surface area contributed by atoms with Gasteiger partial charge < -0.3 is 10.4 Å². The van der Waals surface area contributed by atoms with Crippen molar-refractivity contribution in [2.24, 2.45) is 0 Å². The van der Waals surface area contributed by atoms with Gasteiger partial charge in [-0.1, -0.05) is 24.3 Å². The van der Waals surface area contributed by atoms with Crippen LogP contribution in [0.3, 0.4) is 0 Å². The predicted molar refractivity (Wildman–Crippen MR) is 69.3 cm³/mol. The molecule has 0 fully saturated rings. The first kappa shape index (κ1) is 11.9. The second-order valence-corrected chi connectivity index (χ2v) is 4.77. The zero-order valence-corrected chi connectivity index (χ0v) is 10.3. The fourth-order valence-corrected chi connectivity index (χ4v) is 2.53. The number of hydrogen-bond acceptors (Lipinski definition) is 3. The van der Waals surface area contributed by atoms with Crippen molar-refractivity contribution in [3.63, 3.8) is 0 Å². The molecule has 5 nitrogen and oxygen atoms in total. The Kier molecular flexibility index (Phi) is 3.05. The first-order chi connectivity index (χ1) is 9.24. The summed E-state index contributed by atoms with van der Waals surface area (Å²) >= 11 is 0. The lowest BCUT2D eigenvalue weighted by Crippen LogP contribution is -2.34. The van der Waals surface area contributed by atoms with Gasteiger partial charge in [-0.3, -0.25) is 9.89 Å². The van der Waals surface area contributed by atoms with Crippen LogP contribution in [0, 0.1) is 0 Å².